The van der Waals surface area contributed by atoms with E-state index in [1.807, 2.05) is 7.11 Å². The molecule has 0 spiro atoms. The van der Waals surface area contributed by atoms with Crippen molar-refractivity contribution in [2.24, 2.45) is 0 Å². The Morgan fingerprint density at radius 3 is 3.15 bits per heavy atom. The summed E-state index contributed by atoms with van der Waals surface area (Å²) in [5, 5.41) is 8.96. The van der Waals surface area contributed by atoms with Crippen LogP contribution in [0, 0.1) is 0 Å². The molecule has 1 aromatic heterocycles. The number of ether oxygens (including phenoxy) is 2. The minimum atomic E-state index is 0.280. The Bertz CT molecular complexity index is 803. The van der Waals surface area contributed by atoms with Gasteiger partial charge >= 0.3 is 0 Å². The molecular formula is C20H26N4O2. The van der Waals surface area contributed by atoms with E-state index >= 15 is 0 Å². The van der Waals surface area contributed by atoms with Crippen molar-refractivity contribution < 1.29 is 9.47 Å². The number of hydrogen-bond donors (Lipinski definition) is 0. The molecule has 0 N–H and O–H groups in total. The summed E-state index contributed by atoms with van der Waals surface area (Å²) in [6.45, 7) is 3.87. The molecule has 2 atom stereocenters. The van der Waals surface area contributed by atoms with E-state index in [0.29, 0.717) is 6.04 Å². The van der Waals surface area contributed by atoms with E-state index in [1.54, 1.807) is 0 Å². The summed E-state index contributed by atoms with van der Waals surface area (Å²) in [5.74, 6) is 3.35. The first-order valence-corrected chi connectivity index (χ1v) is 9.75. The van der Waals surface area contributed by atoms with Gasteiger partial charge in [-0.15, -0.1) is 10.2 Å². The maximum absolute atomic E-state index is 5.69. The number of aryl methyl sites for hydroxylation is 1. The quantitative estimate of drug-likeness (QED) is 0.824. The van der Waals surface area contributed by atoms with Crippen LogP contribution >= 0.6 is 0 Å². The fourth-order valence-electron chi connectivity index (χ4n) is 4.64. The summed E-state index contributed by atoms with van der Waals surface area (Å²) < 4.78 is 13.6. The van der Waals surface area contributed by atoms with Crippen LogP contribution in [0.15, 0.2) is 18.2 Å². The molecule has 0 amide bonds. The Hall–Kier alpha value is -1.92. The van der Waals surface area contributed by atoms with E-state index in [2.05, 4.69) is 37.9 Å². The van der Waals surface area contributed by atoms with Gasteiger partial charge in [-0.2, -0.15) is 0 Å². The largest absolute Gasteiger partial charge is 0.493 e. The van der Waals surface area contributed by atoms with Crippen LogP contribution in [0.5, 0.6) is 5.75 Å². The van der Waals surface area contributed by atoms with Crippen molar-refractivity contribution in [1.82, 2.24) is 19.7 Å². The van der Waals surface area contributed by atoms with Gasteiger partial charge < -0.3 is 14.0 Å². The van der Waals surface area contributed by atoms with Gasteiger partial charge in [0.05, 0.1) is 18.8 Å². The molecule has 6 heteroatoms. The van der Waals surface area contributed by atoms with Crippen molar-refractivity contribution in [2.45, 2.75) is 50.8 Å². The molecule has 1 saturated heterocycles. The fraction of sp³-hybridized carbons (Fsp3) is 0.600. The van der Waals surface area contributed by atoms with E-state index < -0.39 is 0 Å². The van der Waals surface area contributed by atoms with Crippen LogP contribution in [-0.4, -0.2) is 52.6 Å². The van der Waals surface area contributed by atoms with Crippen molar-refractivity contribution in [3.63, 3.8) is 0 Å². The van der Waals surface area contributed by atoms with E-state index in [9.17, 15) is 0 Å². The molecule has 1 fully saturated rings. The standard InChI is InChI=1S/C20H26N4O2/c1-25-16-12-17(20-22-21-19-3-2-8-24(19)20)23(13-16)9-6-14-4-5-18-15(11-14)7-10-26-18/h4-5,11,16-17H,2-3,6-10,12-13H2,1H3/t16-,17+/m1/s1. The molecule has 0 radical (unpaired) electrons. The third-order valence-electron chi connectivity index (χ3n) is 6.08. The first kappa shape index (κ1) is 16.3. The van der Waals surface area contributed by atoms with Gasteiger partial charge in [-0.05, 0) is 36.5 Å². The Labute approximate surface area is 154 Å². The van der Waals surface area contributed by atoms with Gasteiger partial charge in [0.15, 0.2) is 5.82 Å². The average Bonchev–Trinajstić information content (AvgIpc) is 3.41. The minimum absolute atomic E-state index is 0.280. The molecule has 0 saturated carbocycles. The van der Waals surface area contributed by atoms with Gasteiger partial charge in [0.1, 0.15) is 11.6 Å². The number of methoxy groups -OCH3 is 1. The van der Waals surface area contributed by atoms with Gasteiger partial charge in [-0.1, -0.05) is 12.1 Å². The molecule has 4 heterocycles. The highest BCUT2D eigenvalue weighted by atomic mass is 16.5. The second-order valence-electron chi connectivity index (χ2n) is 7.62. The predicted octanol–water partition coefficient (Wildman–Crippen LogP) is 2.16. The molecule has 1 aromatic carbocycles. The highest BCUT2D eigenvalue weighted by Crippen LogP contribution is 2.34. The normalized spacial score (nSPS) is 24.7. The zero-order chi connectivity index (χ0) is 17.5. The van der Waals surface area contributed by atoms with Crippen LogP contribution in [0.25, 0.3) is 0 Å². The first-order chi connectivity index (χ1) is 12.8. The first-order valence-electron chi connectivity index (χ1n) is 9.75. The number of nitrogens with zero attached hydrogens (tertiary/aromatic N) is 4. The van der Waals surface area contributed by atoms with E-state index in [4.69, 9.17) is 9.47 Å². The summed E-state index contributed by atoms with van der Waals surface area (Å²) in [5.41, 5.74) is 2.74. The van der Waals surface area contributed by atoms with Crippen molar-refractivity contribution in [2.75, 3.05) is 26.8 Å². The zero-order valence-electron chi connectivity index (χ0n) is 15.4. The minimum Gasteiger partial charge on any atom is -0.493 e. The Morgan fingerprint density at radius 2 is 2.23 bits per heavy atom. The molecule has 0 aliphatic carbocycles. The highest BCUT2D eigenvalue weighted by molar-refractivity contribution is 5.39. The zero-order valence-corrected chi connectivity index (χ0v) is 15.4. The molecule has 2 aromatic rings. The van der Waals surface area contributed by atoms with Crippen molar-refractivity contribution in [1.29, 1.82) is 0 Å². The van der Waals surface area contributed by atoms with Gasteiger partial charge in [0.2, 0.25) is 0 Å². The Balaban J connectivity index is 1.33. The van der Waals surface area contributed by atoms with Crippen molar-refractivity contribution in [3.8, 4) is 5.75 Å². The topological polar surface area (TPSA) is 52.4 Å². The van der Waals surface area contributed by atoms with Crippen LogP contribution in [0.1, 0.15) is 41.7 Å². The van der Waals surface area contributed by atoms with Crippen molar-refractivity contribution in [3.05, 3.63) is 41.0 Å². The molecule has 3 aliphatic heterocycles. The van der Waals surface area contributed by atoms with Gasteiger partial charge in [0, 0.05) is 39.6 Å². The van der Waals surface area contributed by atoms with E-state index in [-0.39, 0.29) is 6.10 Å². The monoisotopic (exact) mass is 354 g/mol. The molecule has 0 bridgehead atoms. The van der Waals surface area contributed by atoms with E-state index in [1.165, 1.54) is 17.5 Å². The number of fused-ring (bicyclic) bond motifs is 2. The van der Waals surface area contributed by atoms with Gasteiger partial charge in [-0.3, -0.25) is 4.90 Å². The summed E-state index contributed by atoms with van der Waals surface area (Å²) in [6.07, 6.45) is 5.61. The summed E-state index contributed by atoms with van der Waals surface area (Å²) in [7, 11) is 1.82. The smallest absolute Gasteiger partial charge is 0.150 e. The molecule has 0 unspecified atom stereocenters. The van der Waals surface area contributed by atoms with Crippen LogP contribution in [0.2, 0.25) is 0 Å². The predicted molar refractivity (Wildman–Crippen MR) is 97.4 cm³/mol. The molecular weight excluding hydrogens is 328 g/mol. The van der Waals surface area contributed by atoms with Crippen LogP contribution in [-0.2, 0) is 30.5 Å². The third kappa shape index (κ3) is 2.81. The fourth-order valence-corrected chi connectivity index (χ4v) is 4.64. The van der Waals surface area contributed by atoms with Crippen LogP contribution in [0.3, 0.4) is 0 Å². The highest BCUT2D eigenvalue weighted by Gasteiger charge is 2.37. The Kier molecular flexibility index (Phi) is 4.17. The van der Waals surface area contributed by atoms with Gasteiger partial charge in [0.25, 0.3) is 0 Å². The lowest BCUT2D eigenvalue weighted by Gasteiger charge is -2.23. The molecule has 26 heavy (non-hydrogen) atoms. The summed E-state index contributed by atoms with van der Waals surface area (Å²) in [4.78, 5) is 2.54. The van der Waals surface area contributed by atoms with Crippen LogP contribution < -0.4 is 4.74 Å². The molecule has 3 aliphatic rings. The molecule has 138 valence electrons. The molecule has 5 rings (SSSR count). The molecule has 6 nitrogen and oxygen atoms in total. The lowest BCUT2D eigenvalue weighted by molar-refractivity contribution is 0.108. The summed E-state index contributed by atoms with van der Waals surface area (Å²) >= 11 is 0. The number of hydrogen-bond acceptors (Lipinski definition) is 5. The van der Waals surface area contributed by atoms with Crippen molar-refractivity contribution >= 4 is 0 Å². The SMILES string of the molecule is CO[C@@H]1C[C@@H](c2nnc3n2CCC3)N(CCc2ccc3c(c2)CCO3)C1. The van der Waals surface area contributed by atoms with E-state index in [0.717, 1.165) is 69.3 Å². The van der Waals surface area contributed by atoms with Crippen LogP contribution in [0.4, 0.5) is 0 Å². The third-order valence-corrected chi connectivity index (χ3v) is 6.08. The number of rotatable bonds is 5. The maximum Gasteiger partial charge on any atom is 0.150 e. The number of aromatic nitrogens is 3. The second-order valence-corrected chi connectivity index (χ2v) is 7.62. The lowest BCUT2D eigenvalue weighted by atomic mass is 10.1. The van der Waals surface area contributed by atoms with Gasteiger partial charge in [-0.25, -0.2) is 0 Å². The maximum atomic E-state index is 5.69. The average molecular weight is 354 g/mol. The number of likely N-dealkylation sites (tertiary alicyclic amines) is 1. The lowest BCUT2D eigenvalue weighted by Crippen LogP contribution is -2.29. The second kappa shape index (κ2) is 6.67. The number of benzene rings is 1. The summed E-state index contributed by atoms with van der Waals surface area (Å²) in [6, 6.07) is 6.97. The Morgan fingerprint density at radius 1 is 1.27 bits per heavy atom.